The highest BCUT2D eigenvalue weighted by Crippen LogP contribution is 2.28. The zero-order valence-electron chi connectivity index (χ0n) is 10.6. The lowest BCUT2D eigenvalue weighted by atomic mass is 10.2. The van der Waals surface area contributed by atoms with Gasteiger partial charge in [-0.2, -0.15) is 11.8 Å². The number of aromatic nitrogens is 2. The highest BCUT2D eigenvalue weighted by molar-refractivity contribution is 7.99. The number of halogens is 2. The van der Waals surface area contributed by atoms with Crippen LogP contribution in [0.15, 0.2) is 18.2 Å². The van der Waals surface area contributed by atoms with E-state index in [2.05, 4.69) is 9.55 Å². The molecule has 0 N–H and O–H groups in total. The Morgan fingerprint density at radius 3 is 3.05 bits per heavy atom. The number of fused-ring (bicyclic) bond motifs is 1. The van der Waals surface area contributed by atoms with Gasteiger partial charge in [0.1, 0.15) is 11.6 Å². The van der Waals surface area contributed by atoms with E-state index in [0.717, 1.165) is 23.4 Å². The van der Waals surface area contributed by atoms with Crippen molar-refractivity contribution in [1.82, 2.24) is 9.55 Å². The molecule has 1 unspecified atom stereocenters. The van der Waals surface area contributed by atoms with Crippen molar-refractivity contribution in [1.29, 1.82) is 0 Å². The molecule has 0 bridgehead atoms. The van der Waals surface area contributed by atoms with Crippen molar-refractivity contribution in [2.75, 3.05) is 5.75 Å². The van der Waals surface area contributed by atoms with Crippen molar-refractivity contribution < 1.29 is 4.39 Å². The number of thioether (sulfide) groups is 1. The summed E-state index contributed by atoms with van der Waals surface area (Å²) in [5.74, 6) is 2.22. The lowest BCUT2D eigenvalue weighted by Gasteiger charge is -2.22. The van der Waals surface area contributed by atoms with Gasteiger partial charge in [-0.3, -0.25) is 0 Å². The first kappa shape index (κ1) is 13.3. The molecule has 0 radical (unpaired) electrons. The fourth-order valence-electron chi connectivity index (χ4n) is 2.61. The standard InChI is InChI=1S/C14H16ClFN2S/c15-8-14-17-12-5-4-10(16)7-13(12)18(14)9-11-3-1-2-6-19-11/h4-5,7,11H,1-3,6,8-9H2. The van der Waals surface area contributed by atoms with Crippen molar-refractivity contribution in [3.8, 4) is 0 Å². The molecule has 102 valence electrons. The van der Waals surface area contributed by atoms with E-state index >= 15 is 0 Å². The molecule has 1 aliphatic heterocycles. The molecule has 19 heavy (non-hydrogen) atoms. The lowest BCUT2D eigenvalue weighted by Crippen LogP contribution is -2.18. The van der Waals surface area contributed by atoms with Gasteiger partial charge in [0.15, 0.2) is 0 Å². The molecule has 0 amide bonds. The van der Waals surface area contributed by atoms with Crippen LogP contribution in [0.5, 0.6) is 0 Å². The predicted octanol–water partition coefficient (Wildman–Crippen LogP) is 4.20. The maximum atomic E-state index is 13.4. The monoisotopic (exact) mass is 298 g/mol. The molecule has 0 aliphatic carbocycles. The van der Waals surface area contributed by atoms with E-state index in [4.69, 9.17) is 11.6 Å². The van der Waals surface area contributed by atoms with Gasteiger partial charge in [-0.1, -0.05) is 6.42 Å². The Labute approximate surface area is 121 Å². The summed E-state index contributed by atoms with van der Waals surface area (Å²) in [6, 6.07) is 4.74. The van der Waals surface area contributed by atoms with Crippen LogP contribution in [0.3, 0.4) is 0 Å². The molecule has 1 fully saturated rings. The second kappa shape index (κ2) is 5.71. The number of benzene rings is 1. The molecule has 2 nitrogen and oxygen atoms in total. The highest BCUT2D eigenvalue weighted by Gasteiger charge is 2.18. The van der Waals surface area contributed by atoms with Gasteiger partial charge >= 0.3 is 0 Å². The molecule has 0 spiro atoms. The summed E-state index contributed by atoms with van der Waals surface area (Å²) < 4.78 is 15.5. The summed E-state index contributed by atoms with van der Waals surface area (Å²) in [5, 5.41) is 0.594. The van der Waals surface area contributed by atoms with Gasteiger partial charge in [0.25, 0.3) is 0 Å². The molecule has 2 heterocycles. The van der Waals surface area contributed by atoms with E-state index in [1.54, 1.807) is 12.1 Å². The van der Waals surface area contributed by atoms with Crippen LogP contribution in [0.1, 0.15) is 25.1 Å². The molecule has 5 heteroatoms. The zero-order valence-corrected chi connectivity index (χ0v) is 12.2. The Bertz CT molecular complexity index is 578. The summed E-state index contributed by atoms with van der Waals surface area (Å²) in [6.07, 6.45) is 3.82. The average molecular weight is 299 g/mol. The SMILES string of the molecule is Fc1ccc2nc(CCl)n(CC3CCCCS3)c2c1. The van der Waals surface area contributed by atoms with Crippen LogP contribution < -0.4 is 0 Å². The van der Waals surface area contributed by atoms with Gasteiger partial charge in [0, 0.05) is 11.8 Å². The minimum Gasteiger partial charge on any atom is -0.326 e. The number of rotatable bonds is 3. The zero-order chi connectivity index (χ0) is 13.2. The fourth-order valence-corrected chi connectivity index (χ4v) is 4.10. The van der Waals surface area contributed by atoms with Crippen molar-refractivity contribution in [2.24, 2.45) is 0 Å². The average Bonchev–Trinajstić information content (AvgIpc) is 2.78. The first-order chi connectivity index (χ1) is 9.28. The normalized spacial score (nSPS) is 20.0. The van der Waals surface area contributed by atoms with Gasteiger partial charge < -0.3 is 4.57 Å². The van der Waals surface area contributed by atoms with Crippen LogP contribution in [-0.4, -0.2) is 20.6 Å². The summed E-state index contributed by atoms with van der Waals surface area (Å²) in [7, 11) is 0. The van der Waals surface area contributed by atoms with E-state index in [1.165, 1.54) is 31.1 Å². The Morgan fingerprint density at radius 1 is 1.42 bits per heavy atom. The first-order valence-corrected chi connectivity index (χ1v) is 8.18. The molecule has 2 aromatic rings. The Morgan fingerprint density at radius 2 is 2.32 bits per heavy atom. The van der Waals surface area contributed by atoms with Gasteiger partial charge in [0.05, 0.1) is 16.9 Å². The Kier molecular flexibility index (Phi) is 3.99. The fraction of sp³-hybridized carbons (Fsp3) is 0.500. The third kappa shape index (κ3) is 2.75. The maximum Gasteiger partial charge on any atom is 0.125 e. The molecule has 1 aromatic carbocycles. The summed E-state index contributed by atoms with van der Waals surface area (Å²) in [4.78, 5) is 4.49. The second-order valence-electron chi connectivity index (χ2n) is 4.89. The largest absolute Gasteiger partial charge is 0.326 e. The maximum absolute atomic E-state index is 13.4. The van der Waals surface area contributed by atoms with E-state index < -0.39 is 0 Å². The lowest BCUT2D eigenvalue weighted by molar-refractivity contribution is 0.580. The molecule has 1 atom stereocenters. The number of imidazole rings is 1. The summed E-state index contributed by atoms with van der Waals surface area (Å²) >= 11 is 7.99. The van der Waals surface area contributed by atoms with E-state index in [-0.39, 0.29) is 5.82 Å². The van der Waals surface area contributed by atoms with Gasteiger partial charge in [0.2, 0.25) is 0 Å². The molecule has 1 saturated heterocycles. The quantitative estimate of drug-likeness (QED) is 0.790. The first-order valence-electron chi connectivity index (χ1n) is 6.60. The van der Waals surface area contributed by atoms with Crippen LogP contribution in [0, 0.1) is 5.82 Å². The van der Waals surface area contributed by atoms with Crippen LogP contribution in [0.2, 0.25) is 0 Å². The number of nitrogens with zero attached hydrogens (tertiary/aromatic N) is 2. The molecule has 3 rings (SSSR count). The van der Waals surface area contributed by atoms with Crippen LogP contribution in [-0.2, 0) is 12.4 Å². The van der Waals surface area contributed by atoms with Crippen LogP contribution in [0.4, 0.5) is 4.39 Å². The number of hydrogen-bond donors (Lipinski definition) is 0. The topological polar surface area (TPSA) is 17.8 Å². The predicted molar refractivity (Wildman–Crippen MR) is 79.3 cm³/mol. The van der Waals surface area contributed by atoms with E-state index in [0.29, 0.717) is 11.1 Å². The van der Waals surface area contributed by atoms with Crippen molar-refractivity contribution in [2.45, 2.75) is 36.9 Å². The van der Waals surface area contributed by atoms with Crippen LogP contribution in [0.25, 0.3) is 11.0 Å². The van der Waals surface area contributed by atoms with Crippen LogP contribution >= 0.6 is 23.4 Å². The molecule has 1 aliphatic rings. The molecular formula is C14H16ClFN2S. The highest BCUT2D eigenvalue weighted by atomic mass is 35.5. The van der Waals surface area contributed by atoms with E-state index in [1.807, 2.05) is 11.8 Å². The van der Waals surface area contributed by atoms with E-state index in [9.17, 15) is 4.39 Å². The Balaban J connectivity index is 1.97. The molecule has 1 aromatic heterocycles. The van der Waals surface area contributed by atoms with Crippen molar-refractivity contribution in [3.05, 3.63) is 29.8 Å². The Hall–Kier alpha value is -0.740. The van der Waals surface area contributed by atoms with Gasteiger partial charge in [-0.15, -0.1) is 11.6 Å². The van der Waals surface area contributed by atoms with Crippen molar-refractivity contribution in [3.63, 3.8) is 0 Å². The third-order valence-corrected chi connectivity index (χ3v) is 5.19. The van der Waals surface area contributed by atoms with Gasteiger partial charge in [-0.05, 0) is 36.8 Å². The third-order valence-electron chi connectivity index (χ3n) is 3.57. The minimum absolute atomic E-state index is 0.217. The number of hydrogen-bond acceptors (Lipinski definition) is 2. The summed E-state index contributed by atoms with van der Waals surface area (Å²) in [6.45, 7) is 0.882. The minimum atomic E-state index is -0.217. The molecular weight excluding hydrogens is 283 g/mol. The van der Waals surface area contributed by atoms with Crippen molar-refractivity contribution >= 4 is 34.4 Å². The molecule has 0 saturated carbocycles. The van der Waals surface area contributed by atoms with Gasteiger partial charge in [-0.25, -0.2) is 9.37 Å². The summed E-state index contributed by atoms with van der Waals surface area (Å²) in [5.41, 5.74) is 1.69. The number of alkyl halides is 1. The second-order valence-corrected chi connectivity index (χ2v) is 6.57. The smallest absolute Gasteiger partial charge is 0.125 e.